The van der Waals surface area contributed by atoms with E-state index in [0.717, 1.165) is 60.9 Å². The van der Waals surface area contributed by atoms with Crippen LogP contribution in [0.4, 0.5) is 0 Å². The molecule has 1 fully saturated rings. The smallest absolute Gasteiger partial charge is 0.328 e. The maximum absolute atomic E-state index is 10.5. The van der Waals surface area contributed by atoms with E-state index >= 15 is 0 Å². The van der Waals surface area contributed by atoms with E-state index in [4.69, 9.17) is 9.84 Å². The molecule has 1 aromatic heterocycles. The van der Waals surface area contributed by atoms with Gasteiger partial charge in [-0.05, 0) is 13.0 Å². The number of carbonyl (C=O) groups is 1. The second-order valence-corrected chi connectivity index (χ2v) is 5.55. The zero-order valence-corrected chi connectivity index (χ0v) is 11.8. The first-order valence-corrected chi connectivity index (χ1v) is 7.14. The third kappa shape index (κ3) is 4.41. The highest BCUT2D eigenvalue weighted by Gasteiger charge is 2.12. The fourth-order valence-corrected chi connectivity index (χ4v) is 2.91. The third-order valence-corrected chi connectivity index (χ3v) is 4.18. The van der Waals surface area contributed by atoms with Crippen LogP contribution in [0.1, 0.15) is 15.6 Å². The summed E-state index contributed by atoms with van der Waals surface area (Å²) in [6, 6.07) is 0. The highest BCUT2D eigenvalue weighted by molar-refractivity contribution is 7.12. The average Bonchev–Trinajstić information content (AvgIpc) is 2.76. The van der Waals surface area contributed by atoms with Crippen LogP contribution >= 0.6 is 11.3 Å². The van der Waals surface area contributed by atoms with E-state index in [-0.39, 0.29) is 0 Å². The van der Waals surface area contributed by atoms with E-state index in [0.29, 0.717) is 0 Å². The van der Waals surface area contributed by atoms with Crippen LogP contribution in [-0.4, -0.2) is 53.8 Å². The quantitative estimate of drug-likeness (QED) is 0.828. The van der Waals surface area contributed by atoms with Crippen molar-refractivity contribution in [3.8, 4) is 0 Å². The minimum absolute atomic E-state index is 0.809. The van der Waals surface area contributed by atoms with E-state index in [2.05, 4.69) is 9.88 Å². The summed E-state index contributed by atoms with van der Waals surface area (Å²) < 4.78 is 5.31. The van der Waals surface area contributed by atoms with Crippen molar-refractivity contribution < 1.29 is 14.6 Å². The van der Waals surface area contributed by atoms with Crippen molar-refractivity contribution >= 4 is 23.4 Å². The third-order valence-electron chi connectivity index (χ3n) is 3.00. The first kappa shape index (κ1) is 14.2. The van der Waals surface area contributed by atoms with Crippen LogP contribution in [0.25, 0.3) is 6.08 Å². The predicted molar refractivity (Wildman–Crippen MR) is 74.5 cm³/mol. The van der Waals surface area contributed by atoms with Crippen molar-refractivity contribution in [3.63, 3.8) is 0 Å². The van der Waals surface area contributed by atoms with Crippen LogP contribution in [-0.2, 0) is 16.0 Å². The molecule has 2 rings (SSSR count). The van der Waals surface area contributed by atoms with E-state index in [1.54, 1.807) is 17.4 Å². The van der Waals surface area contributed by atoms with Crippen LogP contribution in [0, 0.1) is 6.92 Å². The fraction of sp³-hybridized carbons (Fsp3) is 0.538. The van der Waals surface area contributed by atoms with Gasteiger partial charge in [0.2, 0.25) is 0 Å². The number of thiazole rings is 1. The summed E-state index contributed by atoms with van der Waals surface area (Å²) in [5.74, 6) is -0.928. The average molecular weight is 282 g/mol. The highest BCUT2D eigenvalue weighted by Crippen LogP contribution is 2.20. The number of ether oxygens (including phenoxy) is 1. The number of aromatic nitrogens is 1. The lowest BCUT2D eigenvalue weighted by molar-refractivity contribution is -0.131. The number of rotatable bonds is 5. The van der Waals surface area contributed by atoms with Gasteiger partial charge in [0.15, 0.2) is 0 Å². The van der Waals surface area contributed by atoms with Gasteiger partial charge < -0.3 is 9.84 Å². The molecule has 0 aliphatic carbocycles. The van der Waals surface area contributed by atoms with Crippen LogP contribution in [0.15, 0.2) is 6.08 Å². The molecule has 5 nitrogen and oxygen atoms in total. The molecule has 0 bridgehead atoms. The zero-order chi connectivity index (χ0) is 13.7. The molecule has 1 aliphatic rings. The normalized spacial score (nSPS) is 17.1. The van der Waals surface area contributed by atoms with E-state index in [1.165, 1.54) is 0 Å². The number of aryl methyl sites for hydroxylation is 1. The number of hydrogen-bond acceptors (Lipinski definition) is 5. The molecule has 0 radical (unpaired) electrons. The second kappa shape index (κ2) is 6.79. The molecule has 0 spiro atoms. The molecule has 0 atom stereocenters. The zero-order valence-electron chi connectivity index (χ0n) is 11.0. The Hall–Kier alpha value is -1.24. The summed E-state index contributed by atoms with van der Waals surface area (Å²) in [5.41, 5.74) is 0.902. The molecule has 0 unspecified atom stereocenters. The lowest BCUT2D eigenvalue weighted by Gasteiger charge is -2.25. The van der Waals surface area contributed by atoms with Gasteiger partial charge in [-0.2, -0.15) is 0 Å². The van der Waals surface area contributed by atoms with E-state index < -0.39 is 5.97 Å². The first-order valence-electron chi connectivity index (χ1n) is 6.32. The number of hydrogen-bond donors (Lipinski definition) is 1. The van der Waals surface area contributed by atoms with E-state index in [1.807, 2.05) is 6.92 Å². The molecule has 0 amide bonds. The van der Waals surface area contributed by atoms with Crippen LogP contribution in [0.5, 0.6) is 0 Å². The summed E-state index contributed by atoms with van der Waals surface area (Å²) in [6.45, 7) is 6.48. The minimum Gasteiger partial charge on any atom is -0.478 e. The second-order valence-electron chi connectivity index (χ2n) is 4.43. The number of nitrogens with zero attached hydrogens (tertiary/aromatic N) is 2. The maximum Gasteiger partial charge on any atom is 0.328 e. The summed E-state index contributed by atoms with van der Waals surface area (Å²) in [5, 5.41) is 9.69. The standard InChI is InChI=1S/C13H18N2O3S/c1-10-11(2-3-13(16)17)19-12(14-10)4-5-15-6-8-18-9-7-15/h2-3H,4-9H2,1H3,(H,16,17)/b3-2+. The Kier molecular flexibility index (Phi) is 5.07. The summed E-state index contributed by atoms with van der Waals surface area (Å²) in [7, 11) is 0. The highest BCUT2D eigenvalue weighted by atomic mass is 32.1. The molecule has 6 heteroatoms. The van der Waals surface area contributed by atoms with Crippen LogP contribution in [0.3, 0.4) is 0 Å². The molecule has 2 heterocycles. The largest absolute Gasteiger partial charge is 0.478 e. The summed E-state index contributed by atoms with van der Waals surface area (Å²) in [4.78, 5) is 18.3. The Morgan fingerprint density at radius 2 is 2.26 bits per heavy atom. The van der Waals surface area contributed by atoms with Crippen molar-refractivity contribution in [2.75, 3.05) is 32.8 Å². The molecule has 0 aromatic carbocycles. The Labute approximate surface area is 116 Å². The van der Waals surface area contributed by atoms with Gasteiger partial charge >= 0.3 is 5.97 Å². The van der Waals surface area contributed by atoms with Gasteiger partial charge in [0.05, 0.1) is 28.8 Å². The molecule has 19 heavy (non-hydrogen) atoms. The molecule has 1 aromatic rings. The van der Waals surface area contributed by atoms with Gasteiger partial charge in [0.1, 0.15) is 0 Å². The maximum atomic E-state index is 10.5. The monoisotopic (exact) mass is 282 g/mol. The molecule has 1 N–H and O–H groups in total. The van der Waals surface area contributed by atoms with Gasteiger partial charge in [-0.1, -0.05) is 0 Å². The van der Waals surface area contributed by atoms with Crippen molar-refractivity contribution in [2.45, 2.75) is 13.3 Å². The summed E-state index contributed by atoms with van der Waals surface area (Å²) >= 11 is 1.57. The van der Waals surface area contributed by atoms with Crippen molar-refractivity contribution in [3.05, 3.63) is 21.7 Å². The SMILES string of the molecule is Cc1nc(CCN2CCOCC2)sc1/C=C/C(=O)O. The van der Waals surface area contributed by atoms with Gasteiger partial charge in [0.25, 0.3) is 0 Å². The first-order chi connectivity index (χ1) is 9.15. The minimum atomic E-state index is -0.928. The van der Waals surface area contributed by atoms with Crippen molar-refractivity contribution in [1.82, 2.24) is 9.88 Å². The predicted octanol–water partition coefficient (Wildman–Crippen LogP) is 1.42. The van der Waals surface area contributed by atoms with Crippen molar-refractivity contribution in [1.29, 1.82) is 0 Å². The Morgan fingerprint density at radius 3 is 2.95 bits per heavy atom. The Morgan fingerprint density at radius 1 is 1.53 bits per heavy atom. The number of carboxylic acid groups (broad SMARTS) is 1. The fourth-order valence-electron chi connectivity index (χ4n) is 1.95. The number of aliphatic carboxylic acids is 1. The lowest BCUT2D eigenvalue weighted by Crippen LogP contribution is -2.37. The van der Waals surface area contributed by atoms with Gasteiger partial charge in [-0.15, -0.1) is 11.3 Å². The molecular formula is C13H18N2O3S. The number of morpholine rings is 1. The van der Waals surface area contributed by atoms with Crippen LogP contribution in [0.2, 0.25) is 0 Å². The van der Waals surface area contributed by atoms with E-state index in [9.17, 15) is 4.79 Å². The van der Waals surface area contributed by atoms with Gasteiger partial charge in [-0.3, -0.25) is 4.90 Å². The molecule has 104 valence electrons. The molecule has 1 aliphatic heterocycles. The molecule has 0 saturated carbocycles. The topological polar surface area (TPSA) is 62.7 Å². The van der Waals surface area contributed by atoms with Crippen LogP contribution < -0.4 is 0 Å². The summed E-state index contributed by atoms with van der Waals surface area (Å²) in [6.07, 6.45) is 3.69. The molecule has 1 saturated heterocycles. The number of carboxylic acids is 1. The Balaban J connectivity index is 1.90. The van der Waals surface area contributed by atoms with Gasteiger partial charge in [0, 0.05) is 32.1 Å². The lowest BCUT2D eigenvalue weighted by atomic mass is 10.3. The molecular weight excluding hydrogens is 264 g/mol. The van der Waals surface area contributed by atoms with Crippen molar-refractivity contribution in [2.24, 2.45) is 0 Å². The van der Waals surface area contributed by atoms with Gasteiger partial charge in [-0.25, -0.2) is 9.78 Å². The Bertz CT molecular complexity index is 464.